The molecule has 1 N–H and O–H groups in total. The van der Waals surface area contributed by atoms with Gasteiger partial charge in [-0.25, -0.2) is 9.18 Å². The smallest absolute Gasteiger partial charge is 0.340 e. The fraction of sp³-hybridized carbons (Fsp3) is 0.478. The van der Waals surface area contributed by atoms with Gasteiger partial charge in [0.2, 0.25) is 0 Å². The van der Waals surface area contributed by atoms with E-state index < -0.39 is 5.97 Å². The predicted octanol–water partition coefficient (Wildman–Crippen LogP) is 3.68. The van der Waals surface area contributed by atoms with Gasteiger partial charge in [0, 0.05) is 38.4 Å². The Morgan fingerprint density at radius 3 is 2.47 bits per heavy atom. The summed E-state index contributed by atoms with van der Waals surface area (Å²) in [4.78, 5) is 32.8. The largest absolute Gasteiger partial charge is 0.459 e. The fourth-order valence-electron chi connectivity index (χ4n) is 3.88. The van der Waals surface area contributed by atoms with Gasteiger partial charge in [-0.1, -0.05) is 12.1 Å². The zero-order valence-electron chi connectivity index (χ0n) is 18.1. The van der Waals surface area contributed by atoms with E-state index in [0.29, 0.717) is 35.6 Å². The molecule has 0 saturated carbocycles. The van der Waals surface area contributed by atoms with Crippen LogP contribution in [0.25, 0.3) is 0 Å². The van der Waals surface area contributed by atoms with Crippen LogP contribution in [0.3, 0.4) is 0 Å². The number of hydrogen-bond donors (Lipinski definition) is 1. The maximum atomic E-state index is 13.2. The van der Waals surface area contributed by atoms with E-state index in [1.54, 1.807) is 39.8 Å². The molecule has 1 saturated heterocycles. The van der Waals surface area contributed by atoms with E-state index in [-0.39, 0.29) is 17.8 Å². The summed E-state index contributed by atoms with van der Waals surface area (Å²) in [7, 11) is 0. The minimum Gasteiger partial charge on any atom is -0.459 e. The van der Waals surface area contributed by atoms with Gasteiger partial charge in [0.15, 0.2) is 0 Å². The SMILES string of the molecule is Cc1[nH]c(C(=O)N2CCCN(Cc3ccc(F)cc3)CC2)c(C)c1C(=O)OC(C)C. The van der Waals surface area contributed by atoms with E-state index in [0.717, 1.165) is 31.6 Å². The van der Waals surface area contributed by atoms with Gasteiger partial charge in [-0.05, 0) is 57.4 Å². The van der Waals surface area contributed by atoms with Crippen molar-refractivity contribution < 1.29 is 18.7 Å². The number of amides is 1. The van der Waals surface area contributed by atoms with Crippen LogP contribution in [0, 0.1) is 19.7 Å². The van der Waals surface area contributed by atoms with Gasteiger partial charge in [0.05, 0.1) is 11.7 Å². The third kappa shape index (κ3) is 5.08. The molecule has 1 aliphatic rings. The van der Waals surface area contributed by atoms with Gasteiger partial charge in [-0.15, -0.1) is 0 Å². The number of aromatic amines is 1. The van der Waals surface area contributed by atoms with E-state index in [9.17, 15) is 14.0 Å². The quantitative estimate of drug-likeness (QED) is 0.757. The Morgan fingerprint density at radius 2 is 1.80 bits per heavy atom. The average molecular weight is 416 g/mol. The molecule has 1 amide bonds. The summed E-state index contributed by atoms with van der Waals surface area (Å²) in [5.74, 6) is -0.737. The van der Waals surface area contributed by atoms with Crippen molar-refractivity contribution >= 4 is 11.9 Å². The number of halogens is 1. The molecule has 6 nitrogen and oxygen atoms in total. The highest BCUT2D eigenvalue weighted by molar-refractivity contribution is 6.00. The molecule has 2 heterocycles. The van der Waals surface area contributed by atoms with Gasteiger partial charge in [0.1, 0.15) is 11.5 Å². The third-order valence-corrected chi connectivity index (χ3v) is 5.39. The van der Waals surface area contributed by atoms with Crippen molar-refractivity contribution in [1.29, 1.82) is 0 Å². The third-order valence-electron chi connectivity index (χ3n) is 5.39. The summed E-state index contributed by atoms with van der Waals surface area (Å²) in [6.45, 7) is 10.8. The highest BCUT2D eigenvalue weighted by Crippen LogP contribution is 2.22. The molecule has 0 spiro atoms. The lowest BCUT2D eigenvalue weighted by Gasteiger charge is -2.22. The van der Waals surface area contributed by atoms with Crippen molar-refractivity contribution in [2.45, 2.75) is 46.8 Å². The number of rotatable bonds is 5. The Morgan fingerprint density at radius 1 is 1.10 bits per heavy atom. The number of nitrogens with zero attached hydrogens (tertiary/aromatic N) is 2. The maximum Gasteiger partial charge on any atom is 0.340 e. The topological polar surface area (TPSA) is 65.6 Å². The number of nitrogens with one attached hydrogen (secondary N) is 1. The second-order valence-electron chi connectivity index (χ2n) is 8.13. The van der Waals surface area contributed by atoms with E-state index in [1.807, 2.05) is 4.90 Å². The molecule has 0 bridgehead atoms. The van der Waals surface area contributed by atoms with Crippen molar-refractivity contribution in [1.82, 2.24) is 14.8 Å². The molecule has 162 valence electrons. The Labute approximate surface area is 177 Å². The van der Waals surface area contributed by atoms with Gasteiger partial charge < -0.3 is 14.6 Å². The van der Waals surface area contributed by atoms with E-state index in [1.165, 1.54) is 12.1 Å². The van der Waals surface area contributed by atoms with Crippen LogP contribution in [-0.2, 0) is 11.3 Å². The second kappa shape index (κ2) is 9.43. The van der Waals surface area contributed by atoms with E-state index in [2.05, 4.69) is 9.88 Å². The zero-order chi connectivity index (χ0) is 21.8. The number of hydrogen-bond acceptors (Lipinski definition) is 4. The summed E-state index contributed by atoms with van der Waals surface area (Å²) in [5, 5.41) is 0. The molecule has 0 unspecified atom stereocenters. The molecule has 1 fully saturated rings. The van der Waals surface area contributed by atoms with Crippen molar-refractivity contribution in [3.8, 4) is 0 Å². The standard InChI is InChI=1S/C23H30FN3O3/c1-15(2)30-23(29)20-16(3)21(25-17(20)4)22(28)27-11-5-10-26(12-13-27)14-18-6-8-19(24)9-7-18/h6-9,15,25H,5,10-14H2,1-4H3. The lowest BCUT2D eigenvalue weighted by Crippen LogP contribution is -2.35. The fourth-order valence-corrected chi connectivity index (χ4v) is 3.88. The number of carbonyl (C=O) groups is 2. The first-order valence-corrected chi connectivity index (χ1v) is 10.4. The Kier molecular flexibility index (Phi) is 6.92. The van der Waals surface area contributed by atoms with Crippen LogP contribution in [0.2, 0.25) is 0 Å². The summed E-state index contributed by atoms with van der Waals surface area (Å²) in [6.07, 6.45) is 0.636. The first-order valence-electron chi connectivity index (χ1n) is 10.4. The highest BCUT2D eigenvalue weighted by atomic mass is 19.1. The van der Waals surface area contributed by atoms with Crippen molar-refractivity contribution in [3.63, 3.8) is 0 Å². The number of benzene rings is 1. The lowest BCUT2D eigenvalue weighted by atomic mass is 10.1. The van der Waals surface area contributed by atoms with Crippen LogP contribution >= 0.6 is 0 Å². The molecule has 7 heteroatoms. The van der Waals surface area contributed by atoms with Gasteiger partial charge in [0.25, 0.3) is 5.91 Å². The van der Waals surface area contributed by atoms with Crippen LogP contribution in [-0.4, -0.2) is 58.9 Å². The first kappa shape index (κ1) is 22.0. The van der Waals surface area contributed by atoms with Crippen LogP contribution in [0.5, 0.6) is 0 Å². The molecule has 0 aliphatic carbocycles. The van der Waals surface area contributed by atoms with Crippen molar-refractivity contribution in [2.75, 3.05) is 26.2 Å². The molecule has 1 aliphatic heterocycles. The molecular weight excluding hydrogens is 385 g/mol. The highest BCUT2D eigenvalue weighted by Gasteiger charge is 2.27. The van der Waals surface area contributed by atoms with E-state index >= 15 is 0 Å². The molecule has 1 aromatic carbocycles. The molecule has 0 radical (unpaired) electrons. The lowest BCUT2D eigenvalue weighted by molar-refractivity contribution is 0.0376. The first-order chi connectivity index (χ1) is 14.3. The summed E-state index contributed by atoms with van der Waals surface area (Å²) in [6, 6.07) is 6.54. The normalized spacial score (nSPS) is 15.3. The Hall–Kier alpha value is -2.67. The number of aryl methyl sites for hydroxylation is 1. The number of ether oxygens (including phenoxy) is 1. The summed E-state index contributed by atoms with van der Waals surface area (Å²) >= 11 is 0. The minimum atomic E-state index is -0.406. The molecule has 30 heavy (non-hydrogen) atoms. The summed E-state index contributed by atoms with van der Waals surface area (Å²) < 4.78 is 18.4. The van der Waals surface area contributed by atoms with Crippen molar-refractivity contribution in [2.24, 2.45) is 0 Å². The van der Waals surface area contributed by atoms with Crippen LogP contribution in [0.15, 0.2) is 24.3 Å². The number of esters is 1. The van der Waals surface area contributed by atoms with Gasteiger partial charge in [-0.3, -0.25) is 9.69 Å². The Balaban J connectivity index is 1.67. The van der Waals surface area contributed by atoms with Crippen LogP contribution < -0.4 is 0 Å². The molecular formula is C23H30FN3O3. The Bertz CT molecular complexity index is 905. The second-order valence-corrected chi connectivity index (χ2v) is 8.13. The van der Waals surface area contributed by atoms with Crippen LogP contribution in [0.1, 0.15) is 57.9 Å². The predicted molar refractivity (Wildman–Crippen MR) is 113 cm³/mol. The molecule has 3 rings (SSSR count). The minimum absolute atomic E-state index is 0.0946. The van der Waals surface area contributed by atoms with Crippen molar-refractivity contribution in [3.05, 3.63) is 58.2 Å². The maximum absolute atomic E-state index is 13.2. The van der Waals surface area contributed by atoms with Gasteiger partial charge >= 0.3 is 5.97 Å². The average Bonchev–Trinajstić information content (AvgIpc) is 2.84. The monoisotopic (exact) mass is 415 g/mol. The number of H-pyrrole nitrogens is 1. The molecule has 1 aromatic heterocycles. The molecule has 2 aromatic rings. The molecule has 0 atom stereocenters. The number of aromatic nitrogens is 1. The van der Waals surface area contributed by atoms with Crippen LogP contribution in [0.4, 0.5) is 4.39 Å². The summed E-state index contributed by atoms with van der Waals surface area (Å²) in [5.41, 5.74) is 3.24. The van der Waals surface area contributed by atoms with E-state index in [4.69, 9.17) is 4.74 Å². The zero-order valence-corrected chi connectivity index (χ0v) is 18.1. The van der Waals surface area contributed by atoms with Gasteiger partial charge in [-0.2, -0.15) is 0 Å². The number of carbonyl (C=O) groups excluding carboxylic acids is 2.